The number of thiocarbonyl (C=S) groups is 2. The van der Waals surface area contributed by atoms with Gasteiger partial charge in [-0.1, -0.05) is 30.5 Å². The maximum absolute atomic E-state index is 5.42. The first-order chi connectivity index (χ1) is 6.58. The van der Waals surface area contributed by atoms with Crippen LogP contribution >= 0.6 is 24.4 Å². The molecule has 1 heterocycles. The molecule has 0 fully saturated rings. The zero-order chi connectivity index (χ0) is 10.6. The van der Waals surface area contributed by atoms with Gasteiger partial charge in [-0.05, 0) is 12.1 Å². The molecule has 0 radical (unpaired) electrons. The molecule has 3 nitrogen and oxygen atoms in total. The second-order valence-corrected chi connectivity index (χ2v) is 3.96. The standard InChI is InChI=1S/C9H11N3S2/c10-8(13)4-6-2-1-3-7(12-6)5-9(11)14/h1-3H,4-5H2,(H2,10,13)(H2,11,14). The summed E-state index contributed by atoms with van der Waals surface area (Å²) < 4.78 is 0. The van der Waals surface area contributed by atoms with Gasteiger partial charge in [0.05, 0.1) is 9.98 Å². The van der Waals surface area contributed by atoms with Gasteiger partial charge >= 0.3 is 0 Å². The summed E-state index contributed by atoms with van der Waals surface area (Å²) >= 11 is 9.59. The third kappa shape index (κ3) is 3.76. The van der Waals surface area contributed by atoms with Crippen molar-refractivity contribution in [1.29, 1.82) is 0 Å². The van der Waals surface area contributed by atoms with E-state index in [-0.39, 0.29) is 0 Å². The van der Waals surface area contributed by atoms with Crippen LogP contribution in [-0.2, 0) is 12.8 Å². The summed E-state index contributed by atoms with van der Waals surface area (Å²) in [5.41, 5.74) is 12.5. The smallest absolute Gasteiger partial charge is 0.0787 e. The van der Waals surface area contributed by atoms with Crippen LogP contribution < -0.4 is 11.5 Å². The molecule has 1 rings (SSSR count). The quantitative estimate of drug-likeness (QED) is 0.740. The van der Waals surface area contributed by atoms with E-state index in [1.165, 1.54) is 0 Å². The molecular weight excluding hydrogens is 214 g/mol. The van der Waals surface area contributed by atoms with E-state index in [4.69, 9.17) is 35.9 Å². The molecule has 0 bridgehead atoms. The highest BCUT2D eigenvalue weighted by atomic mass is 32.1. The monoisotopic (exact) mass is 225 g/mol. The van der Waals surface area contributed by atoms with E-state index in [0.29, 0.717) is 22.8 Å². The van der Waals surface area contributed by atoms with E-state index in [0.717, 1.165) is 11.4 Å². The van der Waals surface area contributed by atoms with Gasteiger partial charge in [0, 0.05) is 24.2 Å². The van der Waals surface area contributed by atoms with Crippen LogP contribution in [0.15, 0.2) is 18.2 Å². The first kappa shape index (κ1) is 11.0. The Morgan fingerprint density at radius 1 is 1.07 bits per heavy atom. The third-order valence-corrected chi connectivity index (χ3v) is 1.86. The second kappa shape index (κ2) is 4.97. The topological polar surface area (TPSA) is 64.9 Å². The number of hydrogen-bond acceptors (Lipinski definition) is 3. The number of pyridine rings is 1. The van der Waals surface area contributed by atoms with E-state index < -0.39 is 0 Å². The number of hydrogen-bond donors (Lipinski definition) is 2. The summed E-state index contributed by atoms with van der Waals surface area (Å²) in [5, 5.41) is 0. The van der Waals surface area contributed by atoms with Gasteiger partial charge in [0.25, 0.3) is 0 Å². The highest BCUT2D eigenvalue weighted by Gasteiger charge is 2.00. The fraction of sp³-hybridized carbons (Fsp3) is 0.222. The SMILES string of the molecule is NC(=S)Cc1cccc(CC(N)=S)n1. The Kier molecular flexibility index (Phi) is 3.91. The summed E-state index contributed by atoms with van der Waals surface area (Å²) in [4.78, 5) is 5.19. The predicted octanol–water partition coefficient (Wildman–Crippen LogP) is 0.739. The van der Waals surface area contributed by atoms with Gasteiger partial charge < -0.3 is 11.5 Å². The molecule has 5 heteroatoms. The molecule has 0 aliphatic heterocycles. The number of nitrogens with two attached hydrogens (primary N) is 2. The molecule has 0 amide bonds. The summed E-state index contributed by atoms with van der Waals surface area (Å²) in [6, 6.07) is 5.65. The Hall–Kier alpha value is -1.07. The van der Waals surface area contributed by atoms with Crippen LogP contribution in [0.2, 0.25) is 0 Å². The lowest BCUT2D eigenvalue weighted by Crippen LogP contribution is -2.15. The lowest BCUT2D eigenvalue weighted by molar-refractivity contribution is 1.06. The lowest BCUT2D eigenvalue weighted by Gasteiger charge is -2.02. The molecule has 4 N–H and O–H groups in total. The Bertz CT molecular complexity index is 332. The minimum atomic E-state index is 0.435. The van der Waals surface area contributed by atoms with E-state index in [9.17, 15) is 0 Å². The predicted molar refractivity (Wildman–Crippen MR) is 65.2 cm³/mol. The van der Waals surface area contributed by atoms with Crippen molar-refractivity contribution < 1.29 is 0 Å². The highest BCUT2D eigenvalue weighted by Crippen LogP contribution is 2.01. The van der Waals surface area contributed by atoms with E-state index in [1.54, 1.807) is 0 Å². The molecule has 0 saturated heterocycles. The minimum Gasteiger partial charge on any atom is -0.393 e. The summed E-state index contributed by atoms with van der Waals surface area (Å²) in [5.74, 6) is 0. The molecule has 0 spiro atoms. The molecule has 0 unspecified atom stereocenters. The van der Waals surface area contributed by atoms with Crippen molar-refractivity contribution in [3.63, 3.8) is 0 Å². The molecule has 1 aromatic heterocycles. The Balaban J connectivity index is 2.78. The normalized spacial score (nSPS) is 9.71. The highest BCUT2D eigenvalue weighted by molar-refractivity contribution is 7.80. The van der Waals surface area contributed by atoms with Crippen LogP contribution in [0.25, 0.3) is 0 Å². The van der Waals surface area contributed by atoms with Crippen molar-refractivity contribution >= 4 is 34.4 Å². The van der Waals surface area contributed by atoms with Gasteiger partial charge in [-0.3, -0.25) is 4.98 Å². The van der Waals surface area contributed by atoms with Crippen molar-refractivity contribution in [3.8, 4) is 0 Å². The third-order valence-electron chi connectivity index (χ3n) is 1.58. The van der Waals surface area contributed by atoms with Crippen LogP contribution in [0.5, 0.6) is 0 Å². The summed E-state index contributed by atoms with van der Waals surface area (Å²) in [6.07, 6.45) is 1.03. The van der Waals surface area contributed by atoms with Crippen LogP contribution in [0.3, 0.4) is 0 Å². The molecule has 0 aromatic carbocycles. The maximum atomic E-state index is 5.42. The largest absolute Gasteiger partial charge is 0.393 e. The van der Waals surface area contributed by atoms with Gasteiger partial charge in [-0.2, -0.15) is 0 Å². The fourth-order valence-electron chi connectivity index (χ4n) is 1.08. The number of aromatic nitrogens is 1. The minimum absolute atomic E-state index is 0.435. The second-order valence-electron chi connectivity index (χ2n) is 2.91. The average Bonchev–Trinajstić information content (AvgIpc) is 2.01. The first-order valence-electron chi connectivity index (χ1n) is 4.09. The van der Waals surface area contributed by atoms with Crippen LogP contribution in [0, 0.1) is 0 Å². The van der Waals surface area contributed by atoms with Crippen molar-refractivity contribution in [2.24, 2.45) is 11.5 Å². The lowest BCUT2D eigenvalue weighted by atomic mass is 10.2. The van der Waals surface area contributed by atoms with Crippen molar-refractivity contribution in [1.82, 2.24) is 4.98 Å². The van der Waals surface area contributed by atoms with Gasteiger partial charge in [0.1, 0.15) is 0 Å². The first-order valence-corrected chi connectivity index (χ1v) is 4.91. The van der Waals surface area contributed by atoms with Crippen LogP contribution in [0.4, 0.5) is 0 Å². The molecule has 1 aromatic rings. The maximum Gasteiger partial charge on any atom is 0.0787 e. The van der Waals surface area contributed by atoms with Crippen molar-refractivity contribution in [2.75, 3.05) is 0 Å². The van der Waals surface area contributed by atoms with Gasteiger partial charge in [0.2, 0.25) is 0 Å². The van der Waals surface area contributed by atoms with Gasteiger partial charge in [0.15, 0.2) is 0 Å². The van der Waals surface area contributed by atoms with E-state index in [2.05, 4.69) is 4.98 Å². The fourth-order valence-corrected chi connectivity index (χ4v) is 1.38. The molecule has 14 heavy (non-hydrogen) atoms. The van der Waals surface area contributed by atoms with E-state index >= 15 is 0 Å². The van der Waals surface area contributed by atoms with Crippen molar-refractivity contribution in [2.45, 2.75) is 12.8 Å². The molecule has 0 atom stereocenters. The number of rotatable bonds is 4. The van der Waals surface area contributed by atoms with Crippen LogP contribution in [-0.4, -0.2) is 15.0 Å². The summed E-state index contributed by atoms with van der Waals surface area (Å²) in [6.45, 7) is 0. The molecule has 0 saturated carbocycles. The Morgan fingerprint density at radius 3 is 1.86 bits per heavy atom. The molecular formula is C9H11N3S2. The number of nitrogens with zero attached hydrogens (tertiary/aromatic N) is 1. The Labute approximate surface area is 93.5 Å². The van der Waals surface area contributed by atoms with Crippen molar-refractivity contribution in [3.05, 3.63) is 29.6 Å². The zero-order valence-electron chi connectivity index (χ0n) is 7.56. The summed E-state index contributed by atoms with van der Waals surface area (Å²) in [7, 11) is 0. The van der Waals surface area contributed by atoms with E-state index in [1.807, 2.05) is 18.2 Å². The van der Waals surface area contributed by atoms with Gasteiger partial charge in [-0.15, -0.1) is 0 Å². The van der Waals surface area contributed by atoms with Crippen LogP contribution in [0.1, 0.15) is 11.4 Å². The molecule has 74 valence electrons. The molecule has 0 aliphatic rings. The van der Waals surface area contributed by atoms with Gasteiger partial charge in [-0.25, -0.2) is 0 Å². The average molecular weight is 225 g/mol. The zero-order valence-corrected chi connectivity index (χ0v) is 9.20. The molecule has 0 aliphatic carbocycles. The Morgan fingerprint density at radius 2 is 1.50 bits per heavy atom.